The molecule has 96 valence electrons. The van der Waals surface area contributed by atoms with Crippen molar-refractivity contribution in [2.45, 2.75) is 20.8 Å². The zero-order chi connectivity index (χ0) is 12.7. The lowest BCUT2D eigenvalue weighted by molar-refractivity contribution is 0.316. The largest absolute Gasteiger partial charge is 0.368 e. The number of hydrazine groups is 1. The van der Waals surface area contributed by atoms with Crippen molar-refractivity contribution in [2.24, 2.45) is 5.84 Å². The molecule has 1 rings (SSSR count). The Kier molecular flexibility index (Phi) is 5.65. The van der Waals surface area contributed by atoms with Gasteiger partial charge < -0.3 is 15.6 Å². The second-order valence-corrected chi connectivity index (χ2v) is 3.79. The van der Waals surface area contributed by atoms with Crippen LogP contribution in [0, 0.1) is 6.92 Å². The molecule has 6 heteroatoms. The fourth-order valence-electron chi connectivity index (χ4n) is 1.65. The molecule has 6 nitrogen and oxygen atoms in total. The Morgan fingerprint density at radius 3 is 2.47 bits per heavy atom. The fourth-order valence-corrected chi connectivity index (χ4v) is 1.65. The normalized spacial score (nSPS) is 10.6. The molecular weight excluding hydrogens is 216 g/mol. The minimum absolute atomic E-state index is 0.658. The summed E-state index contributed by atoms with van der Waals surface area (Å²) in [6.07, 6.45) is 1.50. The summed E-state index contributed by atoms with van der Waals surface area (Å²) in [5.41, 5.74) is 3.50. The summed E-state index contributed by atoms with van der Waals surface area (Å²) in [5.74, 6) is 6.85. The van der Waals surface area contributed by atoms with Crippen LogP contribution in [0.1, 0.15) is 19.4 Å². The monoisotopic (exact) mass is 238 g/mol. The molecule has 0 aliphatic rings. The van der Waals surface area contributed by atoms with Crippen molar-refractivity contribution in [1.82, 2.24) is 14.9 Å². The first-order valence-corrected chi connectivity index (χ1v) is 5.97. The Bertz CT molecular complexity index is 337. The van der Waals surface area contributed by atoms with Gasteiger partial charge in [0.2, 0.25) is 0 Å². The van der Waals surface area contributed by atoms with Crippen molar-refractivity contribution in [2.75, 3.05) is 36.9 Å². The van der Waals surface area contributed by atoms with E-state index in [1.165, 1.54) is 6.33 Å². The number of hydrogen-bond donors (Lipinski definition) is 3. The van der Waals surface area contributed by atoms with E-state index in [4.69, 9.17) is 5.84 Å². The van der Waals surface area contributed by atoms with Gasteiger partial charge in [-0.2, -0.15) is 0 Å². The molecule has 0 spiro atoms. The minimum Gasteiger partial charge on any atom is -0.368 e. The van der Waals surface area contributed by atoms with E-state index < -0.39 is 0 Å². The number of nitrogens with one attached hydrogen (secondary N) is 2. The minimum atomic E-state index is 0.658. The second kappa shape index (κ2) is 7.03. The first-order chi connectivity index (χ1) is 8.22. The van der Waals surface area contributed by atoms with Gasteiger partial charge in [-0.05, 0) is 20.0 Å². The van der Waals surface area contributed by atoms with Gasteiger partial charge in [0.05, 0.1) is 0 Å². The highest BCUT2D eigenvalue weighted by molar-refractivity contribution is 5.55. The molecule has 0 saturated carbocycles. The topological polar surface area (TPSA) is 79.1 Å². The number of anilines is 2. The molecule has 0 radical (unpaired) electrons. The molecule has 1 aromatic rings. The molecule has 0 bridgehead atoms. The summed E-state index contributed by atoms with van der Waals surface area (Å²) in [5, 5.41) is 3.30. The van der Waals surface area contributed by atoms with Gasteiger partial charge in [0.1, 0.15) is 18.0 Å². The van der Waals surface area contributed by atoms with E-state index in [9.17, 15) is 0 Å². The van der Waals surface area contributed by atoms with Crippen LogP contribution in [0.5, 0.6) is 0 Å². The quantitative estimate of drug-likeness (QED) is 0.482. The molecule has 0 amide bonds. The van der Waals surface area contributed by atoms with Crippen molar-refractivity contribution in [3.63, 3.8) is 0 Å². The molecule has 0 fully saturated rings. The standard InChI is InChI=1S/C11H22N6/c1-4-17(5-2)7-6-13-10-9(3)11(16-12)15-8-14-10/h8H,4-7,12H2,1-3H3,(H2,13,14,15,16). The summed E-state index contributed by atoms with van der Waals surface area (Å²) in [7, 11) is 0. The van der Waals surface area contributed by atoms with Crippen LogP contribution in [-0.2, 0) is 0 Å². The number of hydrogen-bond acceptors (Lipinski definition) is 6. The number of aromatic nitrogens is 2. The molecule has 0 aromatic carbocycles. The zero-order valence-corrected chi connectivity index (χ0v) is 10.8. The van der Waals surface area contributed by atoms with Gasteiger partial charge in [-0.3, -0.25) is 0 Å². The summed E-state index contributed by atoms with van der Waals surface area (Å²) in [4.78, 5) is 10.6. The van der Waals surface area contributed by atoms with Crippen molar-refractivity contribution < 1.29 is 0 Å². The maximum absolute atomic E-state index is 5.36. The number of nitrogen functional groups attached to an aromatic ring is 1. The highest BCUT2D eigenvalue weighted by Gasteiger charge is 2.05. The van der Waals surface area contributed by atoms with E-state index in [2.05, 4.69) is 39.5 Å². The lowest BCUT2D eigenvalue weighted by Gasteiger charge is -2.18. The third-order valence-corrected chi connectivity index (χ3v) is 2.84. The lowest BCUT2D eigenvalue weighted by atomic mass is 10.3. The van der Waals surface area contributed by atoms with Gasteiger partial charge in [0, 0.05) is 18.7 Å². The van der Waals surface area contributed by atoms with E-state index in [1.807, 2.05) is 6.92 Å². The van der Waals surface area contributed by atoms with Crippen LogP contribution in [0.2, 0.25) is 0 Å². The highest BCUT2D eigenvalue weighted by Crippen LogP contribution is 2.16. The van der Waals surface area contributed by atoms with Gasteiger partial charge in [0.15, 0.2) is 0 Å². The average molecular weight is 238 g/mol. The molecule has 1 aromatic heterocycles. The van der Waals surface area contributed by atoms with Crippen LogP contribution < -0.4 is 16.6 Å². The molecule has 4 N–H and O–H groups in total. The van der Waals surface area contributed by atoms with Gasteiger partial charge in [-0.15, -0.1) is 0 Å². The number of likely N-dealkylation sites (N-methyl/N-ethyl adjacent to an activating group) is 1. The maximum atomic E-state index is 5.36. The summed E-state index contributed by atoms with van der Waals surface area (Å²) >= 11 is 0. The molecule has 0 unspecified atom stereocenters. The van der Waals surface area contributed by atoms with Crippen LogP contribution in [0.3, 0.4) is 0 Å². The lowest BCUT2D eigenvalue weighted by Crippen LogP contribution is -2.29. The van der Waals surface area contributed by atoms with Gasteiger partial charge in [0.25, 0.3) is 0 Å². The predicted molar refractivity (Wildman–Crippen MR) is 70.9 cm³/mol. The number of rotatable bonds is 7. The summed E-state index contributed by atoms with van der Waals surface area (Å²) in [6, 6.07) is 0. The van der Waals surface area contributed by atoms with Crippen molar-refractivity contribution in [1.29, 1.82) is 0 Å². The molecule has 0 saturated heterocycles. The Balaban J connectivity index is 2.52. The molecule has 17 heavy (non-hydrogen) atoms. The molecule has 0 atom stereocenters. The Morgan fingerprint density at radius 2 is 1.88 bits per heavy atom. The Labute approximate surface area is 103 Å². The molecular formula is C11H22N6. The van der Waals surface area contributed by atoms with Crippen LogP contribution in [0.25, 0.3) is 0 Å². The number of nitrogens with zero attached hydrogens (tertiary/aromatic N) is 3. The van der Waals surface area contributed by atoms with Crippen molar-refractivity contribution in [3.8, 4) is 0 Å². The van der Waals surface area contributed by atoms with Gasteiger partial charge >= 0.3 is 0 Å². The smallest absolute Gasteiger partial charge is 0.148 e. The third kappa shape index (κ3) is 3.83. The maximum Gasteiger partial charge on any atom is 0.148 e. The van der Waals surface area contributed by atoms with E-state index in [1.54, 1.807) is 0 Å². The SMILES string of the molecule is CCN(CC)CCNc1ncnc(NN)c1C. The van der Waals surface area contributed by atoms with E-state index in [-0.39, 0.29) is 0 Å². The van der Waals surface area contributed by atoms with E-state index >= 15 is 0 Å². The molecule has 1 heterocycles. The zero-order valence-electron chi connectivity index (χ0n) is 10.8. The average Bonchev–Trinajstić information content (AvgIpc) is 2.36. The van der Waals surface area contributed by atoms with E-state index in [0.29, 0.717) is 5.82 Å². The summed E-state index contributed by atoms with van der Waals surface area (Å²) < 4.78 is 0. The van der Waals surface area contributed by atoms with Gasteiger partial charge in [-0.25, -0.2) is 15.8 Å². The third-order valence-electron chi connectivity index (χ3n) is 2.84. The second-order valence-electron chi connectivity index (χ2n) is 3.79. The van der Waals surface area contributed by atoms with Crippen LogP contribution in [0.15, 0.2) is 6.33 Å². The highest BCUT2D eigenvalue weighted by atomic mass is 15.3. The fraction of sp³-hybridized carbons (Fsp3) is 0.636. The summed E-state index contributed by atoms with van der Waals surface area (Å²) in [6.45, 7) is 10.3. The Hall–Kier alpha value is -1.40. The van der Waals surface area contributed by atoms with Crippen LogP contribution in [-0.4, -0.2) is 41.0 Å². The Morgan fingerprint density at radius 1 is 1.24 bits per heavy atom. The first kappa shape index (κ1) is 13.7. The van der Waals surface area contributed by atoms with E-state index in [0.717, 1.165) is 37.6 Å². The molecule has 0 aliphatic carbocycles. The molecule has 0 aliphatic heterocycles. The van der Waals surface area contributed by atoms with Crippen LogP contribution >= 0.6 is 0 Å². The predicted octanol–water partition coefficient (Wildman–Crippen LogP) is 0.824. The van der Waals surface area contributed by atoms with Crippen LogP contribution in [0.4, 0.5) is 11.6 Å². The van der Waals surface area contributed by atoms with Crippen molar-refractivity contribution >= 4 is 11.6 Å². The number of nitrogens with two attached hydrogens (primary N) is 1. The van der Waals surface area contributed by atoms with Crippen molar-refractivity contribution in [3.05, 3.63) is 11.9 Å². The van der Waals surface area contributed by atoms with Gasteiger partial charge in [-0.1, -0.05) is 13.8 Å². The first-order valence-electron chi connectivity index (χ1n) is 5.97.